The molecule has 3 N–H and O–H groups in total. The van der Waals surface area contributed by atoms with E-state index in [2.05, 4.69) is 27.4 Å². The molecule has 1 aromatic heterocycles. The molecule has 0 aromatic carbocycles. The van der Waals surface area contributed by atoms with Gasteiger partial charge in [-0.2, -0.15) is 0 Å². The van der Waals surface area contributed by atoms with E-state index in [0.29, 0.717) is 6.67 Å². The smallest absolute Gasteiger partial charge is 0.0928 e. The Bertz CT molecular complexity index is 225. The first-order chi connectivity index (χ1) is 5.24. The lowest BCUT2D eigenvalue weighted by molar-refractivity contribution is 0.721. The second kappa shape index (κ2) is 4.06. The molecule has 0 atom stereocenters. The van der Waals surface area contributed by atoms with E-state index in [-0.39, 0.29) is 0 Å². The summed E-state index contributed by atoms with van der Waals surface area (Å²) in [6.07, 6.45) is 0. The predicted molar refractivity (Wildman–Crippen MR) is 52.6 cm³/mol. The maximum atomic E-state index is 5.17. The van der Waals surface area contributed by atoms with Crippen molar-refractivity contribution in [3.63, 3.8) is 0 Å². The molecule has 0 aliphatic carbocycles. The quantitative estimate of drug-likeness (QED) is 0.473. The molecule has 0 saturated carbocycles. The van der Waals surface area contributed by atoms with Gasteiger partial charge in [0.1, 0.15) is 0 Å². The molecule has 0 spiro atoms. The Morgan fingerprint density at radius 1 is 1.82 bits per heavy atom. The molecule has 5 heteroatoms. The number of hydrogen-bond acceptors (Lipinski definition) is 4. The molecule has 0 bridgehead atoms. The first kappa shape index (κ1) is 8.99. The summed E-state index contributed by atoms with van der Waals surface area (Å²) in [5.74, 6) is 5.17. The Hall–Kier alpha value is -0.100. The van der Waals surface area contributed by atoms with Crippen LogP contribution in [0, 0.1) is 0 Å². The average Bonchev–Trinajstić information content (AvgIpc) is 2.36. The zero-order valence-electron chi connectivity index (χ0n) is 6.17. The fraction of sp³-hybridized carbons (Fsp3) is 0.333. The molecule has 1 rings (SSSR count). The third-order valence-corrected chi connectivity index (χ3v) is 3.06. The average molecular weight is 236 g/mol. The van der Waals surface area contributed by atoms with E-state index in [1.54, 1.807) is 11.3 Å². The van der Waals surface area contributed by atoms with Crippen LogP contribution in [0.2, 0.25) is 0 Å². The highest BCUT2D eigenvalue weighted by Crippen LogP contribution is 2.26. The molecule has 0 saturated heterocycles. The summed E-state index contributed by atoms with van der Waals surface area (Å²) in [6.45, 7) is 0.660. The van der Waals surface area contributed by atoms with Gasteiger partial charge in [-0.05, 0) is 22.0 Å². The van der Waals surface area contributed by atoms with E-state index in [1.165, 1.54) is 5.00 Å². The number of nitrogens with two attached hydrogens (primary N) is 1. The highest BCUT2D eigenvalue weighted by Gasteiger charge is 2.01. The molecule has 3 nitrogen and oxygen atoms in total. The van der Waals surface area contributed by atoms with Gasteiger partial charge < -0.3 is 4.90 Å². The third-order valence-electron chi connectivity index (χ3n) is 1.26. The zero-order chi connectivity index (χ0) is 8.27. The van der Waals surface area contributed by atoms with Gasteiger partial charge in [-0.1, -0.05) is 0 Å². The van der Waals surface area contributed by atoms with Crippen molar-refractivity contribution in [2.24, 2.45) is 5.84 Å². The van der Waals surface area contributed by atoms with Crippen LogP contribution >= 0.6 is 27.3 Å². The molecule has 11 heavy (non-hydrogen) atoms. The molecule has 0 amide bonds. The first-order valence-corrected chi connectivity index (χ1v) is 4.80. The first-order valence-electron chi connectivity index (χ1n) is 3.12. The van der Waals surface area contributed by atoms with Crippen molar-refractivity contribution in [1.82, 2.24) is 5.43 Å². The second-order valence-electron chi connectivity index (χ2n) is 2.16. The number of hydrazine groups is 1. The number of nitrogens with one attached hydrogen (secondary N) is 1. The molecule has 0 aliphatic rings. The van der Waals surface area contributed by atoms with Gasteiger partial charge in [-0.25, -0.2) is 5.43 Å². The zero-order valence-corrected chi connectivity index (χ0v) is 8.58. The monoisotopic (exact) mass is 235 g/mol. The summed E-state index contributed by atoms with van der Waals surface area (Å²) in [6, 6.07) is 2.06. The number of thiophene rings is 1. The van der Waals surface area contributed by atoms with Crippen LogP contribution in [0.3, 0.4) is 0 Å². The molecule has 0 unspecified atom stereocenters. The number of rotatable bonds is 3. The number of hydrogen-bond donors (Lipinski definition) is 2. The van der Waals surface area contributed by atoms with Crippen LogP contribution in [0.5, 0.6) is 0 Å². The van der Waals surface area contributed by atoms with Crippen LogP contribution in [0.15, 0.2) is 15.9 Å². The molecule has 1 heterocycles. The number of halogens is 1. The van der Waals surface area contributed by atoms with Crippen LogP contribution in [0.25, 0.3) is 0 Å². The maximum Gasteiger partial charge on any atom is 0.0928 e. The van der Waals surface area contributed by atoms with Gasteiger partial charge in [0, 0.05) is 16.9 Å². The minimum absolute atomic E-state index is 0.660. The normalized spacial score (nSPS) is 10.1. The fourth-order valence-corrected chi connectivity index (χ4v) is 2.11. The Balaban J connectivity index is 2.60. The summed E-state index contributed by atoms with van der Waals surface area (Å²) in [5.41, 5.74) is 2.59. The van der Waals surface area contributed by atoms with Crippen molar-refractivity contribution in [3.05, 3.63) is 15.9 Å². The largest absolute Gasteiger partial charge is 0.352 e. The van der Waals surface area contributed by atoms with Crippen LogP contribution in [-0.2, 0) is 0 Å². The van der Waals surface area contributed by atoms with Crippen molar-refractivity contribution < 1.29 is 0 Å². The van der Waals surface area contributed by atoms with Gasteiger partial charge in [-0.3, -0.25) is 5.84 Å². The van der Waals surface area contributed by atoms with Crippen LogP contribution in [0.1, 0.15) is 0 Å². The molecule has 0 fully saturated rings. The lowest BCUT2D eigenvalue weighted by Gasteiger charge is -2.15. The van der Waals surface area contributed by atoms with E-state index in [1.807, 2.05) is 17.3 Å². The van der Waals surface area contributed by atoms with Crippen LogP contribution in [0.4, 0.5) is 5.00 Å². The van der Waals surface area contributed by atoms with Crippen LogP contribution < -0.4 is 16.2 Å². The Kier molecular flexibility index (Phi) is 3.32. The SMILES string of the molecule is CN(CNN)c1cc(Br)cs1. The fourth-order valence-electron chi connectivity index (χ4n) is 0.718. The highest BCUT2D eigenvalue weighted by atomic mass is 79.9. The minimum Gasteiger partial charge on any atom is -0.352 e. The Morgan fingerprint density at radius 2 is 2.55 bits per heavy atom. The van der Waals surface area contributed by atoms with E-state index in [9.17, 15) is 0 Å². The lowest BCUT2D eigenvalue weighted by Crippen LogP contribution is -2.34. The van der Waals surface area contributed by atoms with Gasteiger partial charge in [0.2, 0.25) is 0 Å². The highest BCUT2D eigenvalue weighted by molar-refractivity contribution is 9.10. The van der Waals surface area contributed by atoms with E-state index < -0.39 is 0 Å². The molecule has 0 aliphatic heterocycles. The van der Waals surface area contributed by atoms with Gasteiger partial charge in [-0.15, -0.1) is 11.3 Å². The standard InChI is InChI=1S/C6H10BrN3S/c1-10(4-9-8)6-2-5(7)3-11-6/h2-3,9H,4,8H2,1H3. The van der Waals surface area contributed by atoms with E-state index >= 15 is 0 Å². The van der Waals surface area contributed by atoms with Crippen molar-refractivity contribution >= 4 is 32.3 Å². The van der Waals surface area contributed by atoms with E-state index in [0.717, 1.165) is 4.47 Å². The van der Waals surface area contributed by atoms with Crippen molar-refractivity contribution in [2.45, 2.75) is 0 Å². The molecule has 62 valence electrons. The summed E-state index contributed by atoms with van der Waals surface area (Å²) in [7, 11) is 1.98. The van der Waals surface area contributed by atoms with Crippen molar-refractivity contribution in [3.8, 4) is 0 Å². The Morgan fingerprint density at radius 3 is 3.00 bits per heavy atom. The summed E-state index contributed by atoms with van der Waals surface area (Å²) >= 11 is 5.06. The summed E-state index contributed by atoms with van der Waals surface area (Å²) < 4.78 is 1.11. The van der Waals surface area contributed by atoms with Gasteiger partial charge in [0.25, 0.3) is 0 Å². The van der Waals surface area contributed by atoms with E-state index in [4.69, 9.17) is 5.84 Å². The number of anilines is 1. The Labute approximate surface area is 78.3 Å². The molecular weight excluding hydrogens is 226 g/mol. The lowest BCUT2D eigenvalue weighted by atomic mass is 10.6. The van der Waals surface area contributed by atoms with Gasteiger partial charge >= 0.3 is 0 Å². The molecule has 1 aromatic rings. The minimum atomic E-state index is 0.660. The predicted octanol–water partition coefficient (Wildman–Crippen LogP) is 1.37. The topological polar surface area (TPSA) is 41.3 Å². The summed E-state index contributed by atoms with van der Waals surface area (Å²) in [4.78, 5) is 2.04. The second-order valence-corrected chi connectivity index (χ2v) is 3.97. The van der Waals surface area contributed by atoms with Crippen molar-refractivity contribution in [1.29, 1.82) is 0 Å². The van der Waals surface area contributed by atoms with Crippen molar-refractivity contribution in [2.75, 3.05) is 18.6 Å². The number of nitrogens with zero attached hydrogens (tertiary/aromatic N) is 1. The maximum absolute atomic E-state index is 5.17. The van der Waals surface area contributed by atoms with Crippen LogP contribution in [-0.4, -0.2) is 13.7 Å². The third kappa shape index (κ3) is 2.44. The molecular formula is C6H10BrN3S. The van der Waals surface area contributed by atoms with Gasteiger partial charge in [0.05, 0.1) is 11.7 Å². The molecule has 0 radical (unpaired) electrons. The summed E-state index contributed by atoms with van der Waals surface area (Å²) in [5, 5.41) is 3.23. The van der Waals surface area contributed by atoms with Gasteiger partial charge in [0.15, 0.2) is 0 Å².